The zero-order chi connectivity index (χ0) is 21.5. The van der Waals surface area contributed by atoms with Gasteiger partial charge in [0.1, 0.15) is 11.6 Å². The van der Waals surface area contributed by atoms with Gasteiger partial charge in [-0.3, -0.25) is 9.97 Å². The smallest absolute Gasteiger partial charge is 0.141 e. The molecule has 1 aliphatic carbocycles. The van der Waals surface area contributed by atoms with Gasteiger partial charge in [-0.1, -0.05) is 23.4 Å². The van der Waals surface area contributed by atoms with E-state index < -0.39 is 29.1 Å². The number of hydrogen-bond acceptors (Lipinski definition) is 6. The molecule has 4 N–H and O–H groups in total. The predicted octanol–water partition coefficient (Wildman–Crippen LogP) is 2.00. The second kappa shape index (κ2) is 7.51. The Balaban J connectivity index is 1.90. The lowest BCUT2D eigenvalue weighted by molar-refractivity contribution is 0.408. The summed E-state index contributed by atoms with van der Waals surface area (Å²) in [4.78, 5) is 8.46. The summed E-state index contributed by atoms with van der Waals surface area (Å²) in [6.45, 7) is 1.85. The summed E-state index contributed by atoms with van der Waals surface area (Å²) < 4.78 is 28.7. The Kier molecular flexibility index (Phi) is 5.00. The van der Waals surface area contributed by atoms with Crippen LogP contribution in [-0.2, 0) is 7.05 Å². The monoisotopic (exact) mass is 409 g/mol. The minimum absolute atomic E-state index is 0.471. The van der Waals surface area contributed by atoms with Crippen LogP contribution in [0.5, 0.6) is 0 Å². The van der Waals surface area contributed by atoms with Gasteiger partial charge in [-0.05, 0) is 36.8 Å². The molecule has 30 heavy (non-hydrogen) atoms. The molecule has 7 nitrogen and oxygen atoms in total. The van der Waals surface area contributed by atoms with Gasteiger partial charge in [-0.25, -0.2) is 13.5 Å². The highest BCUT2D eigenvalue weighted by molar-refractivity contribution is 5.76. The maximum Gasteiger partial charge on any atom is 0.141 e. The van der Waals surface area contributed by atoms with E-state index in [2.05, 4.69) is 20.3 Å². The third-order valence-electron chi connectivity index (χ3n) is 5.33. The van der Waals surface area contributed by atoms with Crippen molar-refractivity contribution < 1.29 is 8.78 Å². The fourth-order valence-corrected chi connectivity index (χ4v) is 3.85. The lowest BCUT2D eigenvalue weighted by Gasteiger charge is -2.40. The Morgan fingerprint density at radius 1 is 1.07 bits per heavy atom. The van der Waals surface area contributed by atoms with Crippen LogP contribution in [-0.4, -0.2) is 36.5 Å². The van der Waals surface area contributed by atoms with Gasteiger partial charge in [0.05, 0.1) is 46.6 Å². The molecule has 0 saturated carbocycles. The minimum atomic E-state index is -1.18. The van der Waals surface area contributed by atoms with Crippen molar-refractivity contribution in [3.63, 3.8) is 0 Å². The number of aromatic nitrogens is 5. The van der Waals surface area contributed by atoms with E-state index in [9.17, 15) is 8.78 Å². The first kappa shape index (κ1) is 20.0. The van der Waals surface area contributed by atoms with Crippen molar-refractivity contribution in [1.29, 1.82) is 0 Å². The summed E-state index contributed by atoms with van der Waals surface area (Å²) in [5, 5.41) is 8.15. The first-order valence-electron chi connectivity index (χ1n) is 9.34. The quantitative estimate of drug-likeness (QED) is 0.682. The molecule has 0 aromatic carbocycles. The fourth-order valence-electron chi connectivity index (χ4n) is 3.85. The number of nitrogens with zero attached hydrogens (tertiary/aromatic N) is 5. The maximum atomic E-state index is 13.5. The van der Waals surface area contributed by atoms with Crippen LogP contribution in [0.1, 0.15) is 28.7 Å². The molecule has 0 spiro atoms. The molecule has 0 fully saturated rings. The molecule has 2 atom stereocenters. The molecule has 0 amide bonds. The molecular formula is C21H21F2N7. The molecular weight excluding hydrogens is 388 g/mol. The molecule has 9 heteroatoms. The lowest BCUT2D eigenvalue weighted by Crippen LogP contribution is -2.58. The zero-order valence-corrected chi connectivity index (χ0v) is 16.5. The number of rotatable bonds is 4. The third-order valence-corrected chi connectivity index (χ3v) is 5.33. The first-order chi connectivity index (χ1) is 14.3. The number of hydrogen-bond donors (Lipinski definition) is 2. The van der Waals surface area contributed by atoms with Crippen LogP contribution in [0.15, 0.2) is 54.9 Å². The molecule has 1 aliphatic rings. The summed E-state index contributed by atoms with van der Waals surface area (Å²) in [5.41, 5.74) is 15.4. The van der Waals surface area contributed by atoms with Crippen molar-refractivity contribution >= 4 is 5.57 Å². The second-order valence-electron chi connectivity index (χ2n) is 7.37. The van der Waals surface area contributed by atoms with Gasteiger partial charge in [0.25, 0.3) is 0 Å². The lowest BCUT2D eigenvalue weighted by atomic mass is 9.71. The minimum Gasteiger partial charge on any atom is -0.323 e. The maximum absolute atomic E-state index is 13.5. The summed E-state index contributed by atoms with van der Waals surface area (Å²) in [7, 11) is 1.79. The highest BCUT2D eigenvalue weighted by Crippen LogP contribution is 2.39. The van der Waals surface area contributed by atoms with Crippen LogP contribution >= 0.6 is 0 Å². The van der Waals surface area contributed by atoms with Crippen LogP contribution in [0.2, 0.25) is 0 Å². The molecule has 0 bridgehead atoms. The van der Waals surface area contributed by atoms with Crippen molar-refractivity contribution in [1.82, 2.24) is 25.0 Å². The largest absolute Gasteiger partial charge is 0.323 e. The van der Waals surface area contributed by atoms with E-state index in [1.54, 1.807) is 17.8 Å². The molecule has 3 aromatic rings. The van der Waals surface area contributed by atoms with Crippen molar-refractivity contribution in [2.24, 2.45) is 18.5 Å². The number of nitrogens with two attached hydrogens (primary N) is 2. The number of allylic oxidation sites excluding steroid dienone is 2. The topological polar surface area (TPSA) is 109 Å². The molecule has 3 aromatic heterocycles. The van der Waals surface area contributed by atoms with Crippen LogP contribution in [0.3, 0.4) is 0 Å². The van der Waals surface area contributed by atoms with Crippen molar-refractivity contribution in [2.45, 2.75) is 24.4 Å². The highest BCUT2D eigenvalue weighted by atomic mass is 19.1. The van der Waals surface area contributed by atoms with Crippen molar-refractivity contribution in [2.75, 3.05) is 0 Å². The molecule has 154 valence electrons. The number of pyridine rings is 2. The molecule has 4 rings (SSSR count). The molecule has 2 unspecified atom stereocenters. The van der Waals surface area contributed by atoms with Gasteiger partial charge in [-0.2, -0.15) is 0 Å². The van der Waals surface area contributed by atoms with Gasteiger partial charge in [0.2, 0.25) is 0 Å². The van der Waals surface area contributed by atoms with Crippen LogP contribution in [0.25, 0.3) is 5.57 Å². The van der Waals surface area contributed by atoms with Gasteiger partial charge in [0, 0.05) is 13.1 Å². The molecule has 0 radical (unpaired) electrons. The second-order valence-corrected chi connectivity index (χ2v) is 7.37. The third kappa shape index (κ3) is 3.42. The predicted molar refractivity (Wildman–Crippen MR) is 108 cm³/mol. The SMILES string of the molecule is Cc1nnn(C)c1C1=CC(N)(C(c2ccc(F)cn2)c2ccc(F)cn2)C(N)C=C1. The van der Waals surface area contributed by atoms with Crippen molar-refractivity contribution in [3.05, 3.63) is 89.3 Å². The Labute approximate surface area is 172 Å². The summed E-state index contributed by atoms with van der Waals surface area (Å²) >= 11 is 0. The van der Waals surface area contributed by atoms with Gasteiger partial charge >= 0.3 is 0 Å². The molecule has 3 heterocycles. The Hall–Kier alpha value is -3.30. The van der Waals surface area contributed by atoms with Gasteiger partial charge in [0.15, 0.2) is 0 Å². The van der Waals surface area contributed by atoms with E-state index in [-0.39, 0.29) is 0 Å². The van der Waals surface area contributed by atoms with Crippen LogP contribution < -0.4 is 11.5 Å². The molecule has 0 saturated heterocycles. The average molecular weight is 409 g/mol. The van der Waals surface area contributed by atoms with Gasteiger partial charge < -0.3 is 11.5 Å². The Morgan fingerprint density at radius 2 is 1.67 bits per heavy atom. The van der Waals surface area contributed by atoms with E-state index in [1.807, 2.05) is 19.1 Å². The summed E-state index contributed by atoms with van der Waals surface area (Å²) in [5.74, 6) is -1.61. The van der Waals surface area contributed by atoms with E-state index in [4.69, 9.17) is 11.5 Å². The van der Waals surface area contributed by atoms with Crippen LogP contribution in [0.4, 0.5) is 8.78 Å². The number of aryl methyl sites for hydroxylation is 2. The summed E-state index contributed by atoms with van der Waals surface area (Å²) in [6, 6.07) is 5.06. The van der Waals surface area contributed by atoms with E-state index in [0.29, 0.717) is 11.4 Å². The Morgan fingerprint density at radius 3 is 2.13 bits per heavy atom. The van der Waals surface area contributed by atoms with E-state index >= 15 is 0 Å². The van der Waals surface area contributed by atoms with E-state index in [1.165, 1.54) is 24.3 Å². The van der Waals surface area contributed by atoms with Crippen molar-refractivity contribution in [3.8, 4) is 0 Å². The fraction of sp³-hybridized carbons (Fsp3) is 0.238. The average Bonchev–Trinajstić information content (AvgIpc) is 3.06. The van der Waals surface area contributed by atoms with Crippen LogP contribution in [0, 0.1) is 18.6 Å². The van der Waals surface area contributed by atoms with E-state index in [0.717, 1.165) is 29.4 Å². The number of halogens is 2. The highest BCUT2D eigenvalue weighted by Gasteiger charge is 2.43. The first-order valence-corrected chi connectivity index (χ1v) is 9.34. The van der Waals surface area contributed by atoms with Gasteiger partial charge in [-0.15, -0.1) is 5.10 Å². The Bertz CT molecular complexity index is 1050. The summed E-state index contributed by atoms with van der Waals surface area (Å²) in [6.07, 6.45) is 7.72. The zero-order valence-electron chi connectivity index (χ0n) is 16.5. The standard InChI is InChI=1S/C21H21F2N7/c1-12-20(30(2)29-28-12)13-3-8-18(24)21(25,9-13)19(16-6-4-14(22)10-26-16)17-7-5-15(23)11-27-17/h3-11,18-19H,24-25H2,1-2H3. The normalized spacial score (nSPS) is 21.2. The molecule has 0 aliphatic heterocycles.